The van der Waals surface area contributed by atoms with Crippen LogP contribution in [0.4, 0.5) is 0 Å². The third-order valence-electron chi connectivity index (χ3n) is 10.1. The van der Waals surface area contributed by atoms with E-state index >= 15 is 0 Å². The summed E-state index contributed by atoms with van der Waals surface area (Å²) in [4.78, 5) is 29.1. The lowest BCUT2D eigenvalue weighted by Gasteiger charge is -2.16. The van der Waals surface area contributed by atoms with Crippen molar-refractivity contribution in [2.45, 2.75) is 12.8 Å². The van der Waals surface area contributed by atoms with Gasteiger partial charge in [-0.15, -0.1) is 0 Å². The van der Waals surface area contributed by atoms with Gasteiger partial charge in [-0.2, -0.15) is 0 Å². The largest absolute Gasteiger partial charge is 0.255 e. The number of nitrogens with zero attached hydrogens (tertiary/aromatic N) is 6. The smallest absolute Gasteiger partial charge is 0.0894 e. The van der Waals surface area contributed by atoms with Crippen molar-refractivity contribution in [1.29, 1.82) is 0 Å². The molecule has 10 rings (SSSR count). The molecule has 6 nitrogen and oxygen atoms in total. The molecule has 54 heavy (non-hydrogen) atoms. The van der Waals surface area contributed by atoms with E-state index in [2.05, 4.69) is 88.8 Å². The van der Waals surface area contributed by atoms with E-state index < -0.39 is 0 Å². The van der Waals surface area contributed by atoms with Gasteiger partial charge in [0.1, 0.15) is 0 Å². The Bertz CT molecular complexity index is 2910. The van der Waals surface area contributed by atoms with Gasteiger partial charge < -0.3 is 0 Å². The van der Waals surface area contributed by atoms with Crippen LogP contribution in [0.15, 0.2) is 175 Å². The molecule has 1 aliphatic rings. The van der Waals surface area contributed by atoms with Crippen LogP contribution < -0.4 is 0 Å². The Morgan fingerprint density at radius 1 is 0.352 bits per heavy atom. The molecule has 0 N–H and O–H groups in total. The first-order valence-corrected chi connectivity index (χ1v) is 18.2. The molecule has 5 aromatic heterocycles. The number of hydrogen-bond acceptors (Lipinski definition) is 6. The van der Waals surface area contributed by atoms with Crippen molar-refractivity contribution in [3.8, 4) is 45.4 Å². The first-order valence-electron chi connectivity index (χ1n) is 18.2. The second-order valence-electron chi connectivity index (χ2n) is 13.4. The number of pyridine rings is 5. The second-order valence-corrected chi connectivity index (χ2v) is 13.4. The molecule has 0 aliphatic carbocycles. The van der Waals surface area contributed by atoms with Gasteiger partial charge in [0.2, 0.25) is 0 Å². The molecule has 0 saturated heterocycles. The lowest BCUT2D eigenvalue weighted by Crippen LogP contribution is -2.08. The van der Waals surface area contributed by atoms with Crippen molar-refractivity contribution >= 4 is 43.7 Å². The van der Waals surface area contributed by atoms with Crippen LogP contribution in [-0.4, -0.2) is 30.6 Å². The van der Waals surface area contributed by atoms with E-state index in [4.69, 9.17) is 19.9 Å². The third-order valence-corrected chi connectivity index (χ3v) is 10.1. The van der Waals surface area contributed by atoms with Gasteiger partial charge in [0, 0.05) is 23.5 Å². The number of rotatable bonds is 6. The van der Waals surface area contributed by atoms with Crippen molar-refractivity contribution < 1.29 is 0 Å². The highest BCUT2D eigenvalue weighted by molar-refractivity contribution is 6.26. The topological polar surface area (TPSA) is 76.8 Å². The normalized spacial score (nSPS) is 12.9. The summed E-state index contributed by atoms with van der Waals surface area (Å²) in [6.45, 7) is 0. The van der Waals surface area contributed by atoms with E-state index in [0.717, 1.165) is 80.9 Å². The maximum Gasteiger partial charge on any atom is 0.0894 e. The second kappa shape index (κ2) is 13.4. The van der Waals surface area contributed by atoms with Crippen LogP contribution >= 0.6 is 0 Å². The molecule has 0 radical (unpaired) electrons. The first kappa shape index (κ1) is 31.5. The molecule has 0 atom stereocenters. The lowest BCUT2D eigenvalue weighted by atomic mass is 9.91. The minimum absolute atomic E-state index is 0.812. The van der Waals surface area contributed by atoms with Gasteiger partial charge in [-0.05, 0) is 118 Å². The number of fused-ring (bicyclic) bond motifs is 6. The summed E-state index contributed by atoms with van der Waals surface area (Å²) < 4.78 is 0. The summed E-state index contributed by atoms with van der Waals surface area (Å²) in [5, 5.41) is 7.24. The van der Waals surface area contributed by atoms with Gasteiger partial charge in [-0.25, -0.2) is 15.0 Å². The van der Waals surface area contributed by atoms with Gasteiger partial charge in [-0.3, -0.25) is 15.0 Å². The average molecular weight is 693 g/mol. The molecule has 0 fully saturated rings. The Labute approximate surface area is 312 Å². The van der Waals surface area contributed by atoms with E-state index in [0.29, 0.717) is 0 Å². The Morgan fingerprint density at radius 3 is 1.43 bits per heavy atom. The monoisotopic (exact) mass is 692 g/mol. The Hall–Kier alpha value is -7.18. The van der Waals surface area contributed by atoms with Crippen molar-refractivity contribution in [2.24, 2.45) is 4.99 Å². The third kappa shape index (κ3) is 5.80. The molecule has 0 amide bonds. The average Bonchev–Trinajstić information content (AvgIpc) is 3.27. The molecule has 4 aromatic carbocycles. The number of allylic oxidation sites excluding steroid dienone is 1. The zero-order valence-electron chi connectivity index (χ0n) is 29.3. The molecular weight excluding hydrogens is 661 g/mol. The highest BCUT2D eigenvalue weighted by Gasteiger charge is 2.16. The van der Waals surface area contributed by atoms with Gasteiger partial charge in [-0.1, -0.05) is 84.9 Å². The summed E-state index contributed by atoms with van der Waals surface area (Å²) >= 11 is 0. The Morgan fingerprint density at radius 2 is 0.815 bits per heavy atom. The minimum atomic E-state index is 0.812. The van der Waals surface area contributed by atoms with Crippen LogP contribution in [0.3, 0.4) is 0 Å². The summed E-state index contributed by atoms with van der Waals surface area (Å²) in [5.74, 6) is 0. The maximum absolute atomic E-state index is 5.18. The predicted octanol–water partition coefficient (Wildman–Crippen LogP) is 11.4. The van der Waals surface area contributed by atoms with Crippen molar-refractivity contribution in [1.82, 2.24) is 24.9 Å². The predicted molar refractivity (Wildman–Crippen MR) is 220 cm³/mol. The van der Waals surface area contributed by atoms with Crippen LogP contribution in [-0.2, 0) is 0 Å². The van der Waals surface area contributed by atoms with Gasteiger partial charge >= 0.3 is 0 Å². The Balaban J connectivity index is 1.02. The van der Waals surface area contributed by atoms with Crippen LogP contribution in [0.5, 0.6) is 0 Å². The molecule has 1 aliphatic heterocycles. The molecular formula is C48H32N6. The standard InChI is InChI=1S/C48H32N6/c1-2-12-34-33(11-1)37-29-31(39-15-7-19-45(51-39)47-21-9-17-43(53-47)41-13-3-5-27-49-41)23-25-35(37)36-26-24-32(30-38(34)36)40-16-8-20-46(52-40)48-22-10-18-44(54-48)42-14-4-6-28-50-42/h1-7,9-19,21-30H,8,20H2. The highest BCUT2D eigenvalue weighted by Crippen LogP contribution is 2.39. The minimum Gasteiger partial charge on any atom is -0.255 e. The number of aromatic nitrogens is 5. The van der Waals surface area contributed by atoms with Crippen molar-refractivity contribution in [2.75, 3.05) is 0 Å². The number of benzene rings is 4. The van der Waals surface area contributed by atoms with Crippen LogP contribution in [0.2, 0.25) is 0 Å². The van der Waals surface area contributed by atoms with Gasteiger partial charge in [0.25, 0.3) is 0 Å². The fourth-order valence-electron chi connectivity index (χ4n) is 7.46. The molecule has 254 valence electrons. The van der Waals surface area contributed by atoms with Crippen LogP contribution in [0, 0.1) is 0 Å². The Kier molecular flexibility index (Phi) is 7.84. The molecule has 9 aromatic rings. The van der Waals surface area contributed by atoms with Crippen molar-refractivity contribution in [3.05, 3.63) is 181 Å². The molecule has 6 heteroatoms. The van der Waals surface area contributed by atoms with Crippen LogP contribution in [0.1, 0.15) is 24.1 Å². The maximum atomic E-state index is 5.18. The van der Waals surface area contributed by atoms with Crippen molar-refractivity contribution in [3.63, 3.8) is 0 Å². The van der Waals surface area contributed by atoms with Crippen LogP contribution in [0.25, 0.3) is 83.4 Å². The fraction of sp³-hybridized carbons (Fsp3) is 0.0417. The van der Waals surface area contributed by atoms with E-state index in [1.165, 1.54) is 32.3 Å². The van der Waals surface area contributed by atoms with Gasteiger partial charge in [0.15, 0.2) is 0 Å². The van der Waals surface area contributed by atoms with E-state index in [9.17, 15) is 0 Å². The summed E-state index contributed by atoms with van der Waals surface area (Å²) in [6.07, 6.45) is 7.58. The quantitative estimate of drug-likeness (QED) is 0.162. The van der Waals surface area contributed by atoms with E-state index in [1.54, 1.807) is 12.4 Å². The fourth-order valence-corrected chi connectivity index (χ4v) is 7.46. The zero-order chi connectivity index (χ0) is 35.8. The molecule has 0 bridgehead atoms. The number of aliphatic imine (C=N–C) groups is 1. The molecule has 0 spiro atoms. The molecule has 0 saturated carbocycles. The van der Waals surface area contributed by atoms with E-state index in [-0.39, 0.29) is 0 Å². The van der Waals surface area contributed by atoms with Gasteiger partial charge in [0.05, 0.1) is 57.0 Å². The lowest BCUT2D eigenvalue weighted by molar-refractivity contribution is 1.05. The number of hydrogen-bond donors (Lipinski definition) is 0. The summed E-state index contributed by atoms with van der Waals surface area (Å²) in [5.41, 5.74) is 10.9. The molecule has 6 heterocycles. The summed E-state index contributed by atoms with van der Waals surface area (Å²) in [6, 6.07) is 52.1. The van der Waals surface area contributed by atoms with E-state index in [1.807, 2.05) is 78.9 Å². The highest BCUT2D eigenvalue weighted by atomic mass is 14.8. The summed E-state index contributed by atoms with van der Waals surface area (Å²) in [7, 11) is 0. The SMILES string of the molecule is C1=C(c2ccc3c4ccc(-c5cccc(-c6cccc(-c7ccccn7)n6)n5)cc4c4ccccc4c3c2)N=C(c2cccc(-c3ccccn3)n2)CC1. The zero-order valence-corrected chi connectivity index (χ0v) is 29.3. The first-order chi connectivity index (χ1) is 26.7. The molecule has 0 unspecified atom stereocenters.